The average Bonchev–Trinajstić information content (AvgIpc) is 3.34. The first kappa shape index (κ1) is 21.7. The van der Waals surface area contributed by atoms with Gasteiger partial charge in [-0.25, -0.2) is 5.01 Å². The summed E-state index contributed by atoms with van der Waals surface area (Å²) in [6.07, 6.45) is 1.15. The highest BCUT2D eigenvalue weighted by Crippen LogP contribution is 2.16. The lowest BCUT2D eigenvalue weighted by Gasteiger charge is -2.34. The van der Waals surface area contributed by atoms with Gasteiger partial charge in [-0.3, -0.25) is 14.5 Å². The fraction of sp³-hybridized carbons (Fsp3) is 0.360. The van der Waals surface area contributed by atoms with E-state index in [2.05, 4.69) is 16.1 Å². The molecular weight excluding hydrogens is 402 g/mol. The average molecular weight is 430 g/mol. The topological polar surface area (TPSA) is 80.0 Å². The molecule has 0 unspecified atom stereocenters. The van der Waals surface area contributed by atoms with E-state index >= 15 is 0 Å². The number of rotatable bonds is 6. The van der Waals surface area contributed by atoms with Gasteiger partial charge in [0.25, 0.3) is 0 Å². The molecule has 0 N–H and O–H groups in total. The summed E-state index contributed by atoms with van der Waals surface area (Å²) in [6, 6.07) is 19.6. The molecule has 2 aliphatic rings. The Labute approximate surface area is 188 Å². The zero-order chi connectivity index (χ0) is 22.3. The molecular formula is C25H27N5O2. The molecule has 0 atom stereocenters. The Hall–Kier alpha value is -3.50. The molecule has 0 spiro atoms. The molecule has 0 saturated carbocycles. The maximum absolute atomic E-state index is 12.6. The highest BCUT2D eigenvalue weighted by molar-refractivity contribution is 6.02. The highest BCUT2D eigenvalue weighted by Gasteiger charge is 2.25. The van der Waals surface area contributed by atoms with Crippen molar-refractivity contribution in [2.45, 2.75) is 25.8 Å². The van der Waals surface area contributed by atoms with Crippen LogP contribution in [0.3, 0.4) is 0 Å². The van der Waals surface area contributed by atoms with Crippen LogP contribution < -0.4 is 0 Å². The van der Waals surface area contributed by atoms with E-state index in [1.165, 1.54) is 5.01 Å². The maximum atomic E-state index is 12.6. The van der Waals surface area contributed by atoms with Crippen LogP contribution in [0.1, 0.15) is 36.0 Å². The van der Waals surface area contributed by atoms with Crippen molar-refractivity contribution >= 4 is 17.5 Å². The van der Waals surface area contributed by atoms with Crippen LogP contribution in [0.25, 0.3) is 0 Å². The first-order valence-corrected chi connectivity index (χ1v) is 11.0. The lowest BCUT2D eigenvalue weighted by molar-refractivity contribution is -0.137. The van der Waals surface area contributed by atoms with Crippen LogP contribution in [-0.4, -0.2) is 65.1 Å². The summed E-state index contributed by atoms with van der Waals surface area (Å²) >= 11 is 0. The fourth-order valence-corrected chi connectivity index (χ4v) is 4.07. The zero-order valence-corrected chi connectivity index (χ0v) is 18.1. The summed E-state index contributed by atoms with van der Waals surface area (Å²) in [5.41, 5.74) is 3.78. The molecule has 0 aliphatic carbocycles. The first-order chi connectivity index (χ1) is 15.6. The van der Waals surface area contributed by atoms with Crippen LogP contribution in [0, 0.1) is 11.3 Å². The van der Waals surface area contributed by atoms with E-state index < -0.39 is 0 Å². The molecule has 1 saturated heterocycles. The van der Waals surface area contributed by atoms with E-state index in [1.54, 1.807) is 0 Å². The van der Waals surface area contributed by atoms with Gasteiger partial charge in [-0.05, 0) is 23.3 Å². The summed E-state index contributed by atoms with van der Waals surface area (Å²) in [4.78, 5) is 29.3. The van der Waals surface area contributed by atoms with Crippen LogP contribution in [0.5, 0.6) is 0 Å². The number of nitrogens with zero attached hydrogens (tertiary/aromatic N) is 5. The molecule has 2 heterocycles. The monoisotopic (exact) mass is 429 g/mol. The summed E-state index contributed by atoms with van der Waals surface area (Å²) in [5, 5.41) is 14.9. The summed E-state index contributed by atoms with van der Waals surface area (Å²) in [7, 11) is 0. The zero-order valence-electron chi connectivity index (χ0n) is 18.1. The molecule has 2 aromatic carbocycles. The van der Waals surface area contributed by atoms with Crippen molar-refractivity contribution in [2.24, 2.45) is 5.10 Å². The van der Waals surface area contributed by atoms with Gasteiger partial charge in [-0.2, -0.15) is 10.4 Å². The molecule has 2 aliphatic heterocycles. The molecule has 4 rings (SSSR count). The molecule has 32 heavy (non-hydrogen) atoms. The third-order valence-electron chi connectivity index (χ3n) is 5.96. The highest BCUT2D eigenvalue weighted by atomic mass is 16.2. The fourth-order valence-electron chi connectivity index (χ4n) is 4.07. The summed E-state index contributed by atoms with van der Waals surface area (Å²) < 4.78 is 0. The molecule has 2 aromatic rings. The van der Waals surface area contributed by atoms with Gasteiger partial charge < -0.3 is 4.90 Å². The lowest BCUT2D eigenvalue weighted by atomic mass is 10.1. The van der Waals surface area contributed by atoms with Crippen molar-refractivity contribution in [3.05, 3.63) is 71.3 Å². The van der Waals surface area contributed by atoms with E-state index in [9.17, 15) is 9.59 Å². The number of carbonyl (C=O) groups excluding carboxylic acids is 2. The first-order valence-electron chi connectivity index (χ1n) is 11.0. The quantitative estimate of drug-likeness (QED) is 0.707. The van der Waals surface area contributed by atoms with Gasteiger partial charge in [-0.15, -0.1) is 0 Å². The van der Waals surface area contributed by atoms with E-state index in [-0.39, 0.29) is 24.7 Å². The smallest absolute Gasteiger partial charge is 0.243 e. The minimum atomic E-state index is -0.0938. The van der Waals surface area contributed by atoms with Crippen molar-refractivity contribution in [3.8, 4) is 6.07 Å². The van der Waals surface area contributed by atoms with E-state index in [4.69, 9.17) is 5.26 Å². The SMILES string of the molecule is N#Cc1ccc(CN2CCN(C(=O)CCC(=O)N3CCC(c4ccccc4)=N3)CC2)cc1. The van der Waals surface area contributed by atoms with E-state index in [0.29, 0.717) is 25.2 Å². The van der Waals surface area contributed by atoms with Gasteiger partial charge in [0, 0.05) is 52.0 Å². The van der Waals surface area contributed by atoms with Crippen molar-refractivity contribution in [3.63, 3.8) is 0 Å². The van der Waals surface area contributed by atoms with Gasteiger partial charge >= 0.3 is 0 Å². The second-order valence-electron chi connectivity index (χ2n) is 8.15. The predicted molar refractivity (Wildman–Crippen MR) is 122 cm³/mol. The maximum Gasteiger partial charge on any atom is 0.243 e. The minimum absolute atomic E-state index is 0.0304. The second kappa shape index (κ2) is 10.2. The lowest BCUT2D eigenvalue weighted by Crippen LogP contribution is -2.48. The largest absolute Gasteiger partial charge is 0.340 e. The number of benzene rings is 2. The van der Waals surface area contributed by atoms with E-state index in [1.807, 2.05) is 59.5 Å². The van der Waals surface area contributed by atoms with Crippen molar-refractivity contribution in [1.29, 1.82) is 5.26 Å². The van der Waals surface area contributed by atoms with Gasteiger partial charge in [0.15, 0.2) is 0 Å². The number of hydrogen-bond donors (Lipinski definition) is 0. The predicted octanol–water partition coefficient (Wildman–Crippen LogP) is 2.62. The molecule has 0 aromatic heterocycles. The molecule has 7 nitrogen and oxygen atoms in total. The Morgan fingerprint density at radius 2 is 1.56 bits per heavy atom. The van der Waals surface area contributed by atoms with Crippen molar-refractivity contribution < 1.29 is 9.59 Å². The molecule has 7 heteroatoms. The van der Waals surface area contributed by atoms with Crippen LogP contribution in [0.4, 0.5) is 0 Å². The van der Waals surface area contributed by atoms with Gasteiger partial charge in [-0.1, -0.05) is 42.5 Å². The summed E-state index contributed by atoms with van der Waals surface area (Å²) in [5.74, 6) is -0.0634. The molecule has 2 amide bonds. The number of piperazine rings is 1. The minimum Gasteiger partial charge on any atom is -0.340 e. The Morgan fingerprint density at radius 1 is 0.875 bits per heavy atom. The molecule has 1 fully saturated rings. The third-order valence-corrected chi connectivity index (χ3v) is 5.96. The van der Waals surface area contributed by atoms with Crippen molar-refractivity contribution in [1.82, 2.24) is 14.8 Å². The number of amides is 2. The van der Waals surface area contributed by atoms with E-state index in [0.717, 1.165) is 42.9 Å². The number of hydrazone groups is 1. The molecule has 0 bridgehead atoms. The normalized spacial score (nSPS) is 16.5. The van der Waals surface area contributed by atoms with Crippen LogP contribution in [-0.2, 0) is 16.1 Å². The van der Waals surface area contributed by atoms with Crippen LogP contribution in [0.15, 0.2) is 59.7 Å². The Kier molecular flexibility index (Phi) is 6.93. The Balaban J connectivity index is 1.20. The van der Waals surface area contributed by atoms with Gasteiger partial charge in [0.2, 0.25) is 11.8 Å². The Morgan fingerprint density at radius 3 is 2.25 bits per heavy atom. The van der Waals surface area contributed by atoms with Gasteiger partial charge in [0.1, 0.15) is 0 Å². The Bertz CT molecular complexity index is 1020. The third kappa shape index (κ3) is 5.40. The number of nitriles is 1. The summed E-state index contributed by atoms with van der Waals surface area (Å²) in [6.45, 7) is 4.33. The number of carbonyl (C=O) groups is 2. The standard InChI is InChI=1S/C25H27N5O2/c26-18-20-6-8-21(9-7-20)19-28-14-16-29(17-15-28)24(31)10-11-25(32)30-13-12-23(27-30)22-4-2-1-3-5-22/h1-9H,10-17,19H2. The molecule has 164 valence electrons. The van der Waals surface area contributed by atoms with Crippen molar-refractivity contribution in [2.75, 3.05) is 32.7 Å². The number of hydrogen-bond acceptors (Lipinski definition) is 5. The van der Waals surface area contributed by atoms with Crippen LogP contribution in [0.2, 0.25) is 0 Å². The van der Waals surface area contributed by atoms with Gasteiger partial charge in [0.05, 0.1) is 23.9 Å². The second-order valence-corrected chi connectivity index (χ2v) is 8.15. The molecule has 0 radical (unpaired) electrons. The van der Waals surface area contributed by atoms with Crippen LogP contribution >= 0.6 is 0 Å².